The average molecular weight is 358 g/mol. The largest absolute Gasteiger partial charge is 0.458 e. The Bertz CT molecular complexity index is 741. The highest BCUT2D eigenvalue weighted by atomic mass is 35.5. The Hall–Kier alpha value is -2.53. The number of rotatable bonds is 5. The lowest BCUT2D eigenvalue weighted by molar-refractivity contribution is 0.0549. The molecular weight excluding hydrogens is 338 g/mol. The van der Waals surface area contributed by atoms with Gasteiger partial charge in [-0.05, 0) is 30.3 Å². The molecular formula is C19H20ClN3O2. The zero-order chi connectivity index (χ0) is 17.6. The van der Waals surface area contributed by atoms with Gasteiger partial charge in [0.05, 0.1) is 5.56 Å². The van der Waals surface area contributed by atoms with Crippen molar-refractivity contribution in [2.45, 2.75) is 0 Å². The smallest absolute Gasteiger partial charge is 0.340 e. The molecule has 0 N–H and O–H groups in total. The van der Waals surface area contributed by atoms with Crippen molar-refractivity contribution in [2.24, 2.45) is 0 Å². The highest BCUT2D eigenvalue weighted by Crippen LogP contribution is 2.22. The Balaban J connectivity index is 1.59. The molecule has 3 rings (SSSR count). The van der Waals surface area contributed by atoms with Gasteiger partial charge in [-0.15, -0.1) is 0 Å². The van der Waals surface area contributed by atoms with E-state index < -0.39 is 0 Å². The molecule has 5 nitrogen and oxygen atoms in total. The van der Waals surface area contributed by atoms with Crippen LogP contribution in [0.2, 0.25) is 5.02 Å². The fraction of sp³-hybridized carbons (Fsp3) is 0.263. The third-order valence-corrected chi connectivity index (χ3v) is 4.33. The molecule has 6 heteroatoms. The predicted molar refractivity (Wildman–Crippen MR) is 101 cm³/mol. The normalized spacial score (nSPS) is 14.3. The van der Waals surface area contributed by atoms with Gasteiger partial charge in [-0.25, -0.2) is 9.78 Å². The summed E-state index contributed by atoms with van der Waals surface area (Å²) in [7, 11) is 0. The number of carbonyl (C=O) groups is 1. The first-order valence-electron chi connectivity index (χ1n) is 8.17. The minimum absolute atomic E-state index is 0.200. The SMILES string of the molecule is C=CCOC(=O)c1ccc(N2CCN(c3cccc(Cl)c3)CC2)nc1. The number of anilines is 2. The van der Waals surface area contributed by atoms with E-state index in [1.54, 1.807) is 18.3 Å². The molecule has 130 valence electrons. The number of esters is 1. The van der Waals surface area contributed by atoms with E-state index in [0.29, 0.717) is 5.56 Å². The van der Waals surface area contributed by atoms with E-state index in [1.165, 1.54) is 0 Å². The standard InChI is InChI=1S/C19H20ClN3O2/c1-2-12-25-19(24)15-6-7-18(21-14-15)23-10-8-22(9-11-23)17-5-3-4-16(20)13-17/h2-7,13-14H,1,8-12H2. The summed E-state index contributed by atoms with van der Waals surface area (Å²) in [6.45, 7) is 7.23. The summed E-state index contributed by atoms with van der Waals surface area (Å²) >= 11 is 6.07. The molecule has 0 amide bonds. The van der Waals surface area contributed by atoms with Crippen LogP contribution < -0.4 is 9.80 Å². The van der Waals surface area contributed by atoms with Crippen molar-refractivity contribution in [1.29, 1.82) is 0 Å². The predicted octanol–water partition coefficient (Wildman–Crippen LogP) is 3.40. The Morgan fingerprint density at radius 2 is 1.96 bits per heavy atom. The minimum Gasteiger partial charge on any atom is -0.458 e. The van der Waals surface area contributed by atoms with Crippen LogP contribution in [0.4, 0.5) is 11.5 Å². The number of pyridine rings is 1. The van der Waals surface area contributed by atoms with E-state index >= 15 is 0 Å². The number of hydrogen-bond donors (Lipinski definition) is 0. The minimum atomic E-state index is -0.385. The van der Waals surface area contributed by atoms with Gasteiger partial charge in [-0.3, -0.25) is 0 Å². The maximum Gasteiger partial charge on any atom is 0.340 e. The van der Waals surface area contributed by atoms with Crippen LogP contribution in [0.15, 0.2) is 55.3 Å². The van der Waals surface area contributed by atoms with Crippen molar-refractivity contribution < 1.29 is 9.53 Å². The Morgan fingerprint density at radius 1 is 1.20 bits per heavy atom. The molecule has 25 heavy (non-hydrogen) atoms. The zero-order valence-corrected chi connectivity index (χ0v) is 14.7. The fourth-order valence-electron chi connectivity index (χ4n) is 2.78. The van der Waals surface area contributed by atoms with Gasteiger partial charge in [0.25, 0.3) is 0 Å². The summed E-state index contributed by atoms with van der Waals surface area (Å²) in [6, 6.07) is 11.5. The first-order valence-corrected chi connectivity index (χ1v) is 8.55. The molecule has 1 aromatic carbocycles. The summed E-state index contributed by atoms with van der Waals surface area (Å²) < 4.78 is 5.01. The van der Waals surface area contributed by atoms with Crippen LogP contribution in [0, 0.1) is 0 Å². The van der Waals surface area contributed by atoms with Crippen molar-refractivity contribution >= 4 is 29.1 Å². The number of halogens is 1. The van der Waals surface area contributed by atoms with Crippen LogP contribution in [0.3, 0.4) is 0 Å². The van der Waals surface area contributed by atoms with Crippen molar-refractivity contribution in [3.05, 3.63) is 65.8 Å². The average Bonchev–Trinajstić information content (AvgIpc) is 2.66. The summed E-state index contributed by atoms with van der Waals surface area (Å²) in [5, 5.41) is 0.750. The van der Waals surface area contributed by atoms with Crippen LogP contribution in [-0.2, 0) is 4.74 Å². The molecule has 0 bridgehead atoms. The van der Waals surface area contributed by atoms with Crippen molar-refractivity contribution in [2.75, 3.05) is 42.6 Å². The van der Waals surface area contributed by atoms with E-state index in [-0.39, 0.29) is 12.6 Å². The lowest BCUT2D eigenvalue weighted by Crippen LogP contribution is -2.46. The second kappa shape index (κ2) is 8.03. The summed E-state index contributed by atoms with van der Waals surface area (Å²) in [6.07, 6.45) is 3.10. The molecule has 1 saturated heterocycles. The van der Waals surface area contributed by atoms with Crippen LogP contribution in [0.1, 0.15) is 10.4 Å². The quantitative estimate of drug-likeness (QED) is 0.606. The number of benzene rings is 1. The lowest BCUT2D eigenvalue weighted by Gasteiger charge is -2.36. The van der Waals surface area contributed by atoms with Crippen LogP contribution in [0.25, 0.3) is 0 Å². The molecule has 2 aromatic rings. The van der Waals surface area contributed by atoms with Crippen LogP contribution in [-0.4, -0.2) is 43.7 Å². The molecule has 1 aromatic heterocycles. The number of nitrogens with zero attached hydrogens (tertiary/aromatic N) is 3. The van der Waals surface area contributed by atoms with Gasteiger partial charge in [-0.2, -0.15) is 0 Å². The molecule has 2 heterocycles. The van der Waals surface area contributed by atoms with Gasteiger partial charge in [0.15, 0.2) is 0 Å². The molecule has 1 aliphatic heterocycles. The maximum atomic E-state index is 11.8. The first-order chi connectivity index (χ1) is 12.2. The highest BCUT2D eigenvalue weighted by Gasteiger charge is 2.19. The van der Waals surface area contributed by atoms with Gasteiger partial charge in [-0.1, -0.05) is 30.3 Å². The lowest BCUT2D eigenvalue weighted by atomic mass is 10.2. The molecule has 0 unspecified atom stereocenters. The van der Waals surface area contributed by atoms with E-state index in [2.05, 4.69) is 27.4 Å². The number of aromatic nitrogens is 1. The van der Waals surface area contributed by atoms with Gasteiger partial charge < -0.3 is 14.5 Å². The number of carbonyl (C=O) groups excluding carboxylic acids is 1. The second-order valence-corrected chi connectivity index (χ2v) is 6.18. The molecule has 1 fully saturated rings. The molecule has 0 spiro atoms. The third kappa shape index (κ3) is 4.31. The van der Waals surface area contributed by atoms with Gasteiger partial charge in [0.1, 0.15) is 12.4 Å². The second-order valence-electron chi connectivity index (χ2n) is 5.75. The van der Waals surface area contributed by atoms with E-state index in [1.807, 2.05) is 24.3 Å². The molecule has 0 radical (unpaired) electrons. The molecule has 1 aliphatic rings. The molecule has 0 atom stereocenters. The van der Waals surface area contributed by atoms with E-state index in [4.69, 9.17) is 16.3 Å². The van der Waals surface area contributed by atoms with Crippen LogP contribution >= 0.6 is 11.6 Å². The summed E-state index contributed by atoms with van der Waals surface area (Å²) in [4.78, 5) is 20.7. The van der Waals surface area contributed by atoms with Crippen molar-refractivity contribution in [3.63, 3.8) is 0 Å². The number of ether oxygens (including phenoxy) is 1. The first kappa shape index (κ1) is 17.3. The summed E-state index contributed by atoms with van der Waals surface area (Å²) in [5.74, 6) is 0.482. The Morgan fingerprint density at radius 3 is 2.60 bits per heavy atom. The van der Waals surface area contributed by atoms with Crippen molar-refractivity contribution in [1.82, 2.24) is 4.98 Å². The van der Waals surface area contributed by atoms with E-state index in [0.717, 1.165) is 42.7 Å². The van der Waals surface area contributed by atoms with E-state index in [9.17, 15) is 4.79 Å². The van der Waals surface area contributed by atoms with Gasteiger partial charge in [0.2, 0.25) is 0 Å². The number of hydrogen-bond acceptors (Lipinski definition) is 5. The summed E-state index contributed by atoms with van der Waals surface area (Å²) in [5.41, 5.74) is 1.59. The number of piperazine rings is 1. The maximum absolute atomic E-state index is 11.8. The van der Waals surface area contributed by atoms with Gasteiger partial charge >= 0.3 is 5.97 Å². The topological polar surface area (TPSA) is 45.7 Å². The Labute approximate surface area is 152 Å². The highest BCUT2D eigenvalue weighted by molar-refractivity contribution is 6.30. The van der Waals surface area contributed by atoms with Crippen LogP contribution in [0.5, 0.6) is 0 Å². The third-order valence-electron chi connectivity index (χ3n) is 4.09. The zero-order valence-electron chi connectivity index (χ0n) is 13.9. The molecule has 0 aliphatic carbocycles. The fourth-order valence-corrected chi connectivity index (χ4v) is 2.96. The van der Waals surface area contributed by atoms with Gasteiger partial charge in [0, 0.05) is 43.1 Å². The monoisotopic (exact) mass is 357 g/mol. The molecule has 0 saturated carbocycles. The Kier molecular flexibility index (Phi) is 5.56. The van der Waals surface area contributed by atoms with Crippen molar-refractivity contribution in [3.8, 4) is 0 Å².